The molecule has 4 rings (SSSR count). The summed E-state index contributed by atoms with van der Waals surface area (Å²) in [4.78, 5) is 15.6. The van der Waals surface area contributed by atoms with E-state index in [4.69, 9.17) is 9.15 Å². The molecule has 0 aliphatic heterocycles. The van der Waals surface area contributed by atoms with Gasteiger partial charge in [-0.15, -0.1) is 0 Å². The van der Waals surface area contributed by atoms with E-state index in [1.807, 2.05) is 42.5 Å². The zero-order chi connectivity index (χ0) is 15.8. The van der Waals surface area contributed by atoms with Gasteiger partial charge in [-0.1, -0.05) is 30.3 Å². The van der Waals surface area contributed by atoms with E-state index < -0.39 is 0 Å². The first kappa shape index (κ1) is 13.5. The van der Waals surface area contributed by atoms with Crippen LogP contribution in [0.2, 0.25) is 0 Å². The van der Waals surface area contributed by atoms with E-state index in [2.05, 4.69) is 11.1 Å². The van der Waals surface area contributed by atoms with Gasteiger partial charge in [-0.25, -0.2) is 4.98 Å². The van der Waals surface area contributed by atoms with E-state index in [-0.39, 0.29) is 5.97 Å². The van der Waals surface area contributed by atoms with E-state index in [0.717, 1.165) is 27.4 Å². The minimum Gasteiger partial charge on any atom is -0.436 e. The molecular formula is C19H13NO3. The highest BCUT2D eigenvalue weighted by Crippen LogP contribution is 2.30. The van der Waals surface area contributed by atoms with Gasteiger partial charge in [0.1, 0.15) is 11.3 Å². The van der Waals surface area contributed by atoms with Crippen molar-refractivity contribution >= 4 is 27.8 Å². The van der Waals surface area contributed by atoms with Gasteiger partial charge in [0.15, 0.2) is 5.58 Å². The number of benzene rings is 3. The van der Waals surface area contributed by atoms with Gasteiger partial charge in [0.2, 0.25) is 5.89 Å². The molecule has 3 aromatic carbocycles. The van der Waals surface area contributed by atoms with Crippen LogP contribution < -0.4 is 4.74 Å². The van der Waals surface area contributed by atoms with Crippen molar-refractivity contribution in [3.05, 3.63) is 60.7 Å². The summed E-state index contributed by atoms with van der Waals surface area (Å²) >= 11 is 0. The molecule has 0 aliphatic carbocycles. The molecular weight excluding hydrogens is 290 g/mol. The number of carbonyl (C=O) groups is 1. The normalized spacial score (nSPS) is 11.0. The van der Waals surface area contributed by atoms with Crippen LogP contribution in [0.4, 0.5) is 0 Å². The minimum atomic E-state index is -0.342. The monoisotopic (exact) mass is 303 g/mol. The Morgan fingerprint density at radius 1 is 1.00 bits per heavy atom. The van der Waals surface area contributed by atoms with Gasteiger partial charge in [-0.3, -0.25) is 4.79 Å². The molecule has 4 aromatic rings. The molecule has 1 aromatic heterocycles. The summed E-state index contributed by atoms with van der Waals surface area (Å²) in [6.07, 6.45) is 0. The van der Waals surface area contributed by atoms with E-state index in [9.17, 15) is 4.79 Å². The van der Waals surface area contributed by atoms with Gasteiger partial charge in [0.25, 0.3) is 0 Å². The smallest absolute Gasteiger partial charge is 0.308 e. The lowest BCUT2D eigenvalue weighted by Crippen LogP contribution is -2.00. The summed E-state index contributed by atoms with van der Waals surface area (Å²) in [5.74, 6) is 0.708. The van der Waals surface area contributed by atoms with Crippen molar-refractivity contribution in [2.45, 2.75) is 6.92 Å². The zero-order valence-electron chi connectivity index (χ0n) is 12.4. The first-order valence-electron chi connectivity index (χ1n) is 7.28. The summed E-state index contributed by atoms with van der Waals surface area (Å²) in [7, 11) is 0. The Morgan fingerprint density at radius 2 is 1.78 bits per heavy atom. The highest BCUT2D eigenvalue weighted by molar-refractivity contribution is 6.03. The third kappa shape index (κ3) is 2.44. The number of oxazole rings is 1. The Labute approximate surface area is 132 Å². The molecule has 0 saturated carbocycles. The van der Waals surface area contributed by atoms with Crippen molar-refractivity contribution in [3.8, 4) is 17.2 Å². The quantitative estimate of drug-likeness (QED) is 0.402. The number of rotatable bonds is 2. The SMILES string of the molecule is CC(=O)Oc1ccc(-c2nc3c(ccc4ccccc43)o2)cc1. The Balaban J connectivity index is 1.80. The Morgan fingerprint density at radius 3 is 2.57 bits per heavy atom. The molecule has 1 heterocycles. The van der Waals surface area contributed by atoms with Crippen LogP contribution in [0.15, 0.2) is 65.1 Å². The maximum Gasteiger partial charge on any atom is 0.308 e. The Hall–Kier alpha value is -3.14. The summed E-state index contributed by atoms with van der Waals surface area (Å²) in [5, 5.41) is 2.20. The molecule has 0 N–H and O–H groups in total. The maximum atomic E-state index is 11.0. The molecule has 4 nitrogen and oxygen atoms in total. The highest BCUT2D eigenvalue weighted by Gasteiger charge is 2.11. The third-order valence-electron chi connectivity index (χ3n) is 3.65. The van der Waals surface area contributed by atoms with E-state index >= 15 is 0 Å². The first-order valence-corrected chi connectivity index (χ1v) is 7.28. The lowest BCUT2D eigenvalue weighted by Gasteiger charge is -2.01. The third-order valence-corrected chi connectivity index (χ3v) is 3.65. The van der Waals surface area contributed by atoms with E-state index in [1.165, 1.54) is 6.92 Å². The lowest BCUT2D eigenvalue weighted by atomic mass is 10.1. The number of aromatic nitrogens is 1. The molecule has 0 aliphatic rings. The standard InChI is InChI=1S/C19H13NO3/c1-12(21)22-15-9-6-14(7-10-15)19-20-18-16-5-3-2-4-13(16)8-11-17(18)23-19/h2-11H,1H3. The van der Waals surface area contributed by atoms with E-state index in [0.29, 0.717) is 11.6 Å². The fraction of sp³-hybridized carbons (Fsp3) is 0.0526. The molecule has 0 bridgehead atoms. The molecule has 0 spiro atoms. The average molecular weight is 303 g/mol. The van der Waals surface area contributed by atoms with Crippen LogP contribution in [-0.4, -0.2) is 11.0 Å². The average Bonchev–Trinajstić information content (AvgIpc) is 2.99. The predicted octanol–water partition coefficient (Wildman–Crippen LogP) is 4.57. The van der Waals surface area contributed by atoms with E-state index in [1.54, 1.807) is 12.1 Å². The number of hydrogen-bond acceptors (Lipinski definition) is 4. The summed E-state index contributed by atoms with van der Waals surface area (Å²) in [6.45, 7) is 1.37. The van der Waals surface area contributed by atoms with Gasteiger partial charge in [0, 0.05) is 17.9 Å². The second-order valence-corrected chi connectivity index (χ2v) is 5.27. The highest BCUT2D eigenvalue weighted by atomic mass is 16.5. The van der Waals surface area contributed by atoms with Crippen LogP contribution in [0.3, 0.4) is 0 Å². The first-order chi connectivity index (χ1) is 11.2. The second-order valence-electron chi connectivity index (χ2n) is 5.27. The zero-order valence-corrected chi connectivity index (χ0v) is 12.4. The molecule has 0 atom stereocenters. The maximum absolute atomic E-state index is 11.0. The summed E-state index contributed by atoms with van der Waals surface area (Å²) < 4.78 is 10.9. The fourth-order valence-corrected chi connectivity index (χ4v) is 2.62. The molecule has 0 fully saturated rings. The van der Waals surface area contributed by atoms with Gasteiger partial charge < -0.3 is 9.15 Å². The van der Waals surface area contributed by atoms with Crippen LogP contribution in [-0.2, 0) is 4.79 Å². The van der Waals surface area contributed by atoms with Gasteiger partial charge in [-0.2, -0.15) is 0 Å². The molecule has 0 amide bonds. The molecule has 4 heteroatoms. The van der Waals surface area contributed by atoms with Crippen LogP contribution in [0.25, 0.3) is 33.3 Å². The number of ether oxygens (including phenoxy) is 1. The minimum absolute atomic E-state index is 0.342. The van der Waals surface area contributed by atoms with Crippen LogP contribution in [0.1, 0.15) is 6.92 Å². The van der Waals surface area contributed by atoms with Crippen molar-refractivity contribution in [1.29, 1.82) is 0 Å². The molecule has 0 radical (unpaired) electrons. The van der Waals surface area contributed by atoms with Crippen molar-refractivity contribution in [3.63, 3.8) is 0 Å². The number of carbonyl (C=O) groups excluding carboxylic acids is 1. The van der Waals surface area contributed by atoms with Crippen LogP contribution in [0.5, 0.6) is 5.75 Å². The van der Waals surface area contributed by atoms with Crippen LogP contribution in [0, 0.1) is 0 Å². The summed E-state index contributed by atoms with van der Waals surface area (Å²) in [5.41, 5.74) is 2.44. The van der Waals surface area contributed by atoms with Crippen LogP contribution >= 0.6 is 0 Å². The second kappa shape index (κ2) is 5.25. The number of esters is 1. The summed E-state index contributed by atoms with van der Waals surface area (Å²) in [6, 6.07) is 19.1. The predicted molar refractivity (Wildman–Crippen MR) is 88.3 cm³/mol. The molecule has 0 unspecified atom stereocenters. The molecule has 112 valence electrons. The lowest BCUT2D eigenvalue weighted by molar-refractivity contribution is -0.131. The number of nitrogens with zero attached hydrogens (tertiary/aromatic N) is 1. The van der Waals surface area contributed by atoms with Crippen molar-refractivity contribution in [2.75, 3.05) is 0 Å². The van der Waals surface area contributed by atoms with Crippen molar-refractivity contribution < 1.29 is 13.9 Å². The largest absolute Gasteiger partial charge is 0.436 e. The molecule has 0 saturated heterocycles. The molecule has 23 heavy (non-hydrogen) atoms. The fourth-order valence-electron chi connectivity index (χ4n) is 2.62. The Bertz CT molecular complexity index is 1020. The van der Waals surface area contributed by atoms with Crippen molar-refractivity contribution in [1.82, 2.24) is 4.98 Å². The Kier molecular flexibility index (Phi) is 3.08. The van der Waals surface area contributed by atoms with Gasteiger partial charge >= 0.3 is 5.97 Å². The van der Waals surface area contributed by atoms with Gasteiger partial charge in [0.05, 0.1) is 0 Å². The number of fused-ring (bicyclic) bond motifs is 3. The van der Waals surface area contributed by atoms with Crippen molar-refractivity contribution in [2.24, 2.45) is 0 Å². The van der Waals surface area contributed by atoms with Gasteiger partial charge in [-0.05, 0) is 35.7 Å². The topological polar surface area (TPSA) is 52.3 Å². The number of hydrogen-bond donors (Lipinski definition) is 0.